The number of methoxy groups -OCH3 is 1. The summed E-state index contributed by atoms with van der Waals surface area (Å²) in [5, 5.41) is 1.79. The number of carbonyl (C=O) groups is 1. The lowest BCUT2D eigenvalue weighted by Gasteiger charge is -2.32. The van der Waals surface area contributed by atoms with E-state index in [1.165, 1.54) is 7.11 Å². The van der Waals surface area contributed by atoms with Gasteiger partial charge in [-0.15, -0.1) is 11.3 Å². The van der Waals surface area contributed by atoms with Crippen LogP contribution >= 0.6 is 11.3 Å². The zero-order valence-electron chi connectivity index (χ0n) is 20.5. The zero-order chi connectivity index (χ0) is 25.1. The molecule has 1 unspecified atom stereocenters. The van der Waals surface area contributed by atoms with Gasteiger partial charge in [0.05, 0.1) is 23.2 Å². The van der Waals surface area contributed by atoms with E-state index in [0.717, 1.165) is 25.6 Å². The number of ether oxygens (including phenoxy) is 1. The molecular weight excluding hydrogens is 473 g/mol. The highest BCUT2D eigenvalue weighted by Crippen LogP contribution is 2.38. The first-order valence-corrected chi connectivity index (χ1v) is 13.5. The van der Waals surface area contributed by atoms with Crippen LogP contribution in [0.1, 0.15) is 41.5 Å². The van der Waals surface area contributed by atoms with Gasteiger partial charge in [0.1, 0.15) is 6.04 Å². The molecule has 10 heteroatoms. The molecule has 0 aliphatic carbocycles. The quantitative estimate of drug-likeness (QED) is 0.406. The molecule has 1 atom stereocenters. The number of thiophene rings is 1. The summed E-state index contributed by atoms with van der Waals surface area (Å²) in [6.45, 7) is 11.6. The molecule has 1 aliphatic heterocycles. The van der Waals surface area contributed by atoms with Gasteiger partial charge in [-0.25, -0.2) is 8.42 Å². The van der Waals surface area contributed by atoms with Crippen LogP contribution < -0.4 is 10.2 Å². The van der Waals surface area contributed by atoms with Gasteiger partial charge in [-0.3, -0.25) is 4.79 Å². The minimum absolute atomic E-state index is 0.101. The average Bonchev–Trinajstić information content (AvgIpc) is 3.23. The number of nitrogens with one attached hydrogen (secondary N) is 1. The Labute approximate surface area is 205 Å². The van der Waals surface area contributed by atoms with Crippen LogP contribution in [0.4, 0.5) is 0 Å². The predicted octanol–water partition coefficient (Wildman–Crippen LogP) is 3.83. The Hall–Kier alpha value is -1.98. The van der Waals surface area contributed by atoms with Crippen LogP contribution in [0.25, 0.3) is 20.2 Å². The van der Waals surface area contributed by atoms with Gasteiger partial charge in [0.2, 0.25) is 10.0 Å². The molecular formula is C24H30BNO6S2. The summed E-state index contributed by atoms with van der Waals surface area (Å²) in [7, 11) is -3.15. The van der Waals surface area contributed by atoms with Gasteiger partial charge in [0, 0.05) is 20.2 Å². The van der Waals surface area contributed by atoms with Gasteiger partial charge >= 0.3 is 13.1 Å². The van der Waals surface area contributed by atoms with Crippen LogP contribution in [0, 0.1) is 5.92 Å². The molecule has 7 nitrogen and oxygen atoms in total. The van der Waals surface area contributed by atoms with Gasteiger partial charge in [-0.2, -0.15) is 4.72 Å². The van der Waals surface area contributed by atoms with E-state index in [4.69, 9.17) is 14.0 Å². The van der Waals surface area contributed by atoms with E-state index < -0.39 is 40.4 Å². The van der Waals surface area contributed by atoms with Gasteiger partial charge in [0.15, 0.2) is 0 Å². The number of fused-ring (bicyclic) bond motifs is 3. The van der Waals surface area contributed by atoms with Gasteiger partial charge in [0.25, 0.3) is 0 Å². The maximum absolute atomic E-state index is 13.1. The first-order chi connectivity index (χ1) is 15.8. The number of sulfonamides is 1. The third kappa shape index (κ3) is 4.38. The van der Waals surface area contributed by atoms with Gasteiger partial charge in [-0.1, -0.05) is 26.0 Å². The number of rotatable bonds is 6. The first kappa shape index (κ1) is 25.1. The molecule has 0 radical (unpaired) electrons. The molecule has 0 spiro atoms. The SMILES string of the molecule is COC(=O)C(NS(=O)(=O)c1ccc2sc3cc(B4OC(C)(C)C(C)(C)O4)ccc3c2c1)C(C)C. The summed E-state index contributed by atoms with van der Waals surface area (Å²) < 4.78 is 47.7. The lowest BCUT2D eigenvalue weighted by molar-refractivity contribution is -0.143. The molecule has 1 aliphatic rings. The molecule has 0 saturated carbocycles. The van der Waals surface area contributed by atoms with Crippen LogP contribution in [0.5, 0.6) is 0 Å². The Morgan fingerprint density at radius 2 is 1.65 bits per heavy atom. The Kier molecular flexibility index (Phi) is 6.36. The number of benzene rings is 2. The standard InChI is InChI=1S/C24H30BNO6S2/c1-14(2)21(22(27)30-7)26-34(28,29)16-9-11-19-18(13-16)17-10-8-15(12-20(17)33-19)25-31-23(3,4)24(5,6)32-25/h8-14,21,26H,1-7H3. The fourth-order valence-electron chi connectivity index (χ4n) is 3.88. The van der Waals surface area contributed by atoms with Crippen molar-refractivity contribution in [2.75, 3.05) is 7.11 Å². The van der Waals surface area contributed by atoms with Crippen molar-refractivity contribution in [2.45, 2.75) is 63.7 Å². The third-order valence-corrected chi connectivity index (χ3v) is 9.28. The van der Waals surface area contributed by atoms with Crippen LogP contribution in [-0.4, -0.2) is 45.9 Å². The normalized spacial score (nSPS) is 18.6. The molecule has 0 bridgehead atoms. The van der Waals surface area contributed by atoms with E-state index >= 15 is 0 Å². The van der Waals surface area contributed by atoms with Crippen molar-refractivity contribution in [2.24, 2.45) is 5.92 Å². The molecule has 0 amide bonds. The van der Waals surface area contributed by atoms with E-state index in [9.17, 15) is 13.2 Å². The number of hydrogen-bond acceptors (Lipinski definition) is 7. The molecule has 34 heavy (non-hydrogen) atoms. The fraction of sp³-hybridized carbons (Fsp3) is 0.458. The third-order valence-electron chi connectivity index (χ3n) is 6.71. The molecule has 1 saturated heterocycles. The zero-order valence-corrected chi connectivity index (χ0v) is 22.1. The van der Waals surface area contributed by atoms with Crippen molar-refractivity contribution in [3.63, 3.8) is 0 Å². The summed E-state index contributed by atoms with van der Waals surface area (Å²) in [6.07, 6.45) is 0. The molecule has 2 heterocycles. The highest BCUT2D eigenvalue weighted by Gasteiger charge is 2.51. The van der Waals surface area contributed by atoms with Gasteiger partial charge < -0.3 is 14.0 Å². The Morgan fingerprint density at radius 3 is 2.24 bits per heavy atom. The van der Waals surface area contributed by atoms with Crippen molar-refractivity contribution in [1.29, 1.82) is 0 Å². The monoisotopic (exact) mass is 503 g/mol. The van der Waals surface area contributed by atoms with Crippen molar-refractivity contribution in [3.05, 3.63) is 36.4 Å². The largest absolute Gasteiger partial charge is 0.494 e. The minimum atomic E-state index is -3.93. The van der Waals surface area contributed by atoms with E-state index in [1.807, 2.05) is 45.9 Å². The van der Waals surface area contributed by atoms with E-state index in [-0.39, 0.29) is 10.8 Å². The van der Waals surface area contributed by atoms with Crippen LogP contribution in [-0.2, 0) is 28.9 Å². The van der Waals surface area contributed by atoms with E-state index in [2.05, 4.69) is 4.72 Å². The Morgan fingerprint density at radius 1 is 1.00 bits per heavy atom. The summed E-state index contributed by atoms with van der Waals surface area (Å²) in [4.78, 5) is 12.2. The van der Waals surface area contributed by atoms with Crippen molar-refractivity contribution < 1.29 is 27.3 Å². The molecule has 1 fully saturated rings. The average molecular weight is 503 g/mol. The van der Waals surface area contributed by atoms with E-state index in [1.54, 1.807) is 43.4 Å². The second kappa shape index (κ2) is 8.60. The fourth-order valence-corrected chi connectivity index (χ4v) is 6.38. The molecule has 182 valence electrons. The number of carbonyl (C=O) groups excluding carboxylic acids is 1. The second-order valence-electron chi connectivity index (χ2n) is 9.97. The highest BCUT2D eigenvalue weighted by molar-refractivity contribution is 7.89. The second-order valence-corrected chi connectivity index (χ2v) is 12.8. The maximum Gasteiger partial charge on any atom is 0.494 e. The van der Waals surface area contributed by atoms with Crippen molar-refractivity contribution in [3.8, 4) is 0 Å². The Balaban J connectivity index is 1.69. The summed E-state index contributed by atoms with van der Waals surface area (Å²) in [6, 6.07) is 10.0. The topological polar surface area (TPSA) is 90.9 Å². The van der Waals surface area contributed by atoms with Crippen LogP contribution in [0.3, 0.4) is 0 Å². The first-order valence-electron chi connectivity index (χ1n) is 11.2. The summed E-state index contributed by atoms with van der Waals surface area (Å²) >= 11 is 1.58. The molecule has 4 rings (SSSR count). The van der Waals surface area contributed by atoms with Crippen molar-refractivity contribution >= 4 is 60.1 Å². The molecule has 2 aromatic carbocycles. The summed E-state index contributed by atoms with van der Waals surface area (Å²) in [5.41, 5.74) is 0.0624. The summed E-state index contributed by atoms with van der Waals surface area (Å²) in [5.74, 6) is -0.878. The lowest BCUT2D eigenvalue weighted by atomic mass is 9.79. The maximum atomic E-state index is 13.1. The van der Waals surface area contributed by atoms with E-state index in [0.29, 0.717) is 0 Å². The van der Waals surface area contributed by atoms with Crippen LogP contribution in [0.2, 0.25) is 0 Å². The van der Waals surface area contributed by atoms with Crippen molar-refractivity contribution in [1.82, 2.24) is 4.72 Å². The van der Waals surface area contributed by atoms with Crippen LogP contribution in [0.15, 0.2) is 41.3 Å². The number of esters is 1. The smallest absolute Gasteiger partial charge is 0.468 e. The number of hydrogen-bond donors (Lipinski definition) is 1. The predicted molar refractivity (Wildman–Crippen MR) is 136 cm³/mol. The Bertz CT molecular complexity index is 1350. The minimum Gasteiger partial charge on any atom is -0.468 e. The molecule has 3 aromatic rings. The lowest BCUT2D eigenvalue weighted by Crippen LogP contribution is -2.44. The molecule has 1 aromatic heterocycles. The highest BCUT2D eigenvalue weighted by atomic mass is 32.2. The van der Waals surface area contributed by atoms with Gasteiger partial charge in [-0.05, 0) is 63.3 Å². The molecule has 1 N–H and O–H groups in total.